The van der Waals surface area contributed by atoms with Gasteiger partial charge in [0.2, 0.25) is 0 Å². The van der Waals surface area contributed by atoms with Gasteiger partial charge >= 0.3 is 5.97 Å². The lowest BCUT2D eigenvalue weighted by Gasteiger charge is -2.11. The van der Waals surface area contributed by atoms with Crippen LogP contribution >= 0.6 is 0 Å². The van der Waals surface area contributed by atoms with Gasteiger partial charge in [0.25, 0.3) is 0 Å². The van der Waals surface area contributed by atoms with Gasteiger partial charge < -0.3 is 9.47 Å². The summed E-state index contributed by atoms with van der Waals surface area (Å²) < 4.78 is 10.9. The molecule has 0 radical (unpaired) electrons. The van der Waals surface area contributed by atoms with E-state index in [2.05, 4.69) is 0 Å². The summed E-state index contributed by atoms with van der Waals surface area (Å²) in [7, 11) is 0. The van der Waals surface area contributed by atoms with E-state index in [4.69, 9.17) is 9.47 Å². The Kier molecular flexibility index (Phi) is 5.44. The van der Waals surface area contributed by atoms with Crippen LogP contribution in [-0.2, 0) is 4.79 Å². The van der Waals surface area contributed by atoms with E-state index >= 15 is 0 Å². The largest absolute Gasteiger partial charge is 0.481 e. The fourth-order valence-corrected chi connectivity index (χ4v) is 2.50. The molecule has 0 aromatic heterocycles. The number of benzene rings is 3. The lowest BCUT2D eigenvalue weighted by atomic mass is 10.1. The zero-order valence-electron chi connectivity index (χ0n) is 14.3. The van der Waals surface area contributed by atoms with Gasteiger partial charge in [-0.05, 0) is 42.8 Å². The van der Waals surface area contributed by atoms with E-state index in [1.165, 1.54) is 6.92 Å². The quantitative estimate of drug-likeness (QED) is 0.373. The Hall–Kier alpha value is -3.40. The first-order valence-electron chi connectivity index (χ1n) is 8.22. The van der Waals surface area contributed by atoms with Crippen molar-refractivity contribution in [1.82, 2.24) is 0 Å². The topological polar surface area (TPSA) is 52.6 Å². The fraction of sp³-hybridized carbons (Fsp3) is 0.0909. The maximum atomic E-state index is 12.0. The zero-order valence-corrected chi connectivity index (χ0v) is 14.3. The van der Waals surface area contributed by atoms with E-state index in [1.54, 1.807) is 24.3 Å². The van der Waals surface area contributed by atoms with Crippen molar-refractivity contribution in [2.45, 2.75) is 6.92 Å². The van der Waals surface area contributed by atoms with Crippen LogP contribution in [0.1, 0.15) is 17.3 Å². The molecule has 4 nitrogen and oxygen atoms in total. The highest BCUT2D eigenvalue weighted by Crippen LogP contribution is 2.29. The van der Waals surface area contributed by atoms with Crippen LogP contribution in [-0.4, -0.2) is 18.4 Å². The second kappa shape index (κ2) is 8.12. The first-order chi connectivity index (χ1) is 12.6. The lowest BCUT2D eigenvalue weighted by molar-refractivity contribution is -0.136. The van der Waals surface area contributed by atoms with E-state index in [0.29, 0.717) is 17.1 Å². The van der Waals surface area contributed by atoms with Gasteiger partial charge in [-0.3, -0.25) is 4.79 Å². The van der Waals surface area contributed by atoms with Crippen LogP contribution in [0.2, 0.25) is 0 Å². The van der Waals surface area contributed by atoms with E-state index in [-0.39, 0.29) is 12.4 Å². The molecular weight excluding hydrogens is 328 g/mol. The zero-order chi connectivity index (χ0) is 18.4. The smallest absolute Gasteiger partial charge is 0.349 e. The van der Waals surface area contributed by atoms with E-state index < -0.39 is 5.97 Å². The molecule has 0 unspecified atom stereocenters. The Bertz CT molecular complexity index is 899. The molecule has 130 valence electrons. The summed E-state index contributed by atoms with van der Waals surface area (Å²) in [5, 5.41) is 0. The minimum Gasteiger partial charge on any atom is -0.481 e. The number of hydrogen-bond donors (Lipinski definition) is 0. The van der Waals surface area contributed by atoms with Crippen molar-refractivity contribution in [2.75, 3.05) is 6.61 Å². The first kappa shape index (κ1) is 17.4. The Morgan fingerprint density at radius 3 is 2.15 bits per heavy atom. The third-order valence-corrected chi connectivity index (χ3v) is 3.81. The van der Waals surface area contributed by atoms with Crippen molar-refractivity contribution in [3.63, 3.8) is 0 Å². The average Bonchev–Trinajstić information content (AvgIpc) is 2.68. The highest BCUT2D eigenvalue weighted by atomic mass is 16.6. The van der Waals surface area contributed by atoms with Crippen LogP contribution in [0.25, 0.3) is 11.1 Å². The predicted molar refractivity (Wildman–Crippen MR) is 99.5 cm³/mol. The van der Waals surface area contributed by atoms with E-state index in [0.717, 1.165) is 11.1 Å². The SMILES string of the molecule is CC(=O)c1ccc(OC(=O)COc2ccccc2-c2ccccc2)cc1. The van der Waals surface area contributed by atoms with Crippen molar-refractivity contribution in [3.8, 4) is 22.6 Å². The summed E-state index contributed by atoms with van der Waals surface area (Å²) in [6.07, 6.45) is 0. The molecule has 0 aliphatic heterocycles. The Balaban J connectivity index is 1.64. The number of esters is 1. The third kappa shape index (κ3) is 4.36. The van der Waals surface area contributed by atoms with Gasteiger partial charge in [0.1, 0.15) is 11.5 Å². The molecular formula is C22H18O4. The van der Waals surface area contributed by atoms with Gasteiger partial charge in [0, 0.05) is 11.1 Å². The molecule has 3 rings (SSSR count). The lowest BCUT2D eigenvalue weighted by Crippen LogP contribution is -2.18. The van der Waals surface area contributed by atoms with Crippen LogP contribution in [0, 0.1) is 0 Å². The standard InChI is InChI=1S/C22H18O4/c1-16(23)17-11-13-19(14-12-17)26-22(24)15-25-21-10-6-5-9-20(21)18-7-3-2-4-8-18/h2-14H,15H2,1H3. The van der Waals surface area contributed by atoms with Crippen molar-refractivity contribution in [2.24, 2.45) is 0 Å². The van der Waals surface area contributed by atoms with Gasteiger partial charge in [0.05, 0.1) is 0 Å². The minimum atomic E-state index is -0.511. The summed E-state index contributed by atoms with van der Waals surface area (Å²) in [4.78, 5) is 23.3. The van der Waals surface area contributed by atoms with Crippen LogP contribution in [0.15, 0.2) is 78.9 Å². The summed E-state index contributed by atoms with van der Waals surface area (Å²) >= 11 is 0. The van der Waals surface area contributed by atoms with Gasteiger partial charge in [-0.15, -0.1) is 0 Å². The molecule has 0 aliphatic rings. The molecule has 3 aromatic carbocycles. The van der Waals surface area contributed by atoms with Gasteiger partial charge in [0.15, 0.2) is 12.4 Å². The number of ketones is 1. The Morgan fingerprint density at radius 2 is 1.46 bits per heavy atom. The Morgan fingerprint density at radius 1 is 0.808 bits per heavy atom. The second-order valence-electron chi connectivity index (χ2n) is 5.71. The number of ether oxygens (including phenoxy) is 2. The monoisotopic (exact) mass is 346 g/mol. The normalized spacial score (nSPS) is 10.2. The van der Waals surface area contributed by atoms with Crippen LogP contribution in [0.5, 0.6) is 11.5 Å². The van der Waals surface area contributed by atoms with Crippen LogP contribution < -0.4 is 9.47 Å². The maximum Gasteiger partial charge on any atom is 0.349 e. The molecule has 3 aromatic rings. The van der Waals surface area contributed by atoms with Crippen molar-refractivity contribution >= 4 is 11.8 Å². The minimum absolute atomic E-state index is 0.0382. The summed E-state index contributed by atoms with van der Waals surface area (Å²) in [5.74, 6) is 0.440. The third-order valence-electron chi connectivity index (χ3n) is 3.81. The van der Waals surface area contributed by atoms with E-state index in [9.17, 15) is 9.59 Å². The van der Waals surface area contributed by atoms with Gasteiger partial charge in [-0.2, -0.15) is 0 Å². The van der Waals surface area contributed by atoms with Crippen LogP contribution in [0.3, 0.4) is 0 Å². The number of carbonyl (C=O) groups excluding carboxylic acids is 2. The molecule has 0 spiro atoms. The van der Waals surface area contributed by atoms with Gasteiger partial charge in [-0.25, -0.2) is 4.79 Å². The number of hydrogen-bond acceptors (Lipinski definition) is 4. The van der Waals surface area contributed by atoms with Crippen molar-refractivity contribution in [1.29, 1.82) is 0 Å². The molecule has 0 N–H and O–H groups in total. The molecule has 0 heterocycles. The first-order valence-corrected chi connectivity index (χ1v) is 8.22. The maximum absolute atomic E-state index is 12.0. The summed E-state index contributed by atoms with van der Waals surface area (Å²) in [5.41, 5.74) is 2.49. The molecule has 0 aliphatic carbocycles. The number of rotatable bonds is 6. The molecule has 0 saturated heterocycles. The molecule has 26 heavy (non-hydrogen) atoms. The average molecular weight is 346 g/mol. The molecule has 0 atom stereocenters. The van der Waals surface area contributed by atoms with Crippen LogP contribution in [0.4, 0.5) is 0 Å². The summed E-state index contributed by atoms with van der Waals surface area (Å²) in [6, 6.07) is 23.8. The Labute approximate surface area is 152 Å². The van der Waals surface area contributed by atoms with Crippen molar-refractivity contribution < 1.29 is 19.1 Å². The molecule has 0 fully saturated rings. The molecule has 0 saturated carbocycles. The predicted octanol–water partition coefficient (Wildman–Crippen LogP) is 4.54. The number of para-hydroxylation sites is 1. The summed E-state index contributed by atoms with van der Waals surface area (Å²) in [6.45, 7) is 1.28. The van der Waals surface area contributed by atoms with E-state index in [1.807, 2.05) is 54.6 Å². The highest BCUT2D eigenvalue weighted by Gasteiger charge is 2.10. The van der Waals surface area contributed by atoms with Crippen molar-refractivity contribution in [3.05, 3.63) is 84.4 Å². The molecule has 4 heteroatoms. The fourth-order valence-electron chi connectivity index (χ4n) is 2.50. The van der Waals surface area contributed by atoms with Gasteiger partial charge in [-0.1, -0.05) is 48.5 Å². The highest BCUT2D eigenvalue weighted by molar-refractivity contribution is 5.94. The molecule has 0 amide bonds. The second-order valence-corrected chi connectivity index (χ2v) is 5.71. The molecule has 0 bridgehead atoms. The number of Topliss-reactive ketones (excluding diaryl/α,β-unsaturated/α-hetero) is 1. The number of carbonyl (C=O) groups is 2.